The Morgan fingerprint density at radius 1 is 1.22 bits per heavy atom. The zero-order chi connectivity index (χ0) is 23.6. The van der Waals surface area contributed by atoms with Crippen molar-refractivity contribution < 1.29 is 33.4 Å². The molecule has 172 valence electrons. The zero-order valence-corrected chi connectivity index (χ0v) is 19.3. The molecule has 1 N–H and O–H groups in total. The number of β-lactam (4-membered cyclic amide) rings is 1. The summed E-state index contributed by atoms with van der Waals surface area (Å²) in [4.78, 5) is 63.5. The van der Waals surface area contributed by atoms with Crippen LogP contribution in [0.1, 0.15) is 32.4 Å². The molecular formula is C21H23ClN2O7S. The first-order valence-electron chi connectivity index (χ1n) is 9.83. The van der Waals surface area contributed by atoms with Crippen molar-refractivity contribution in [2.75, 3.05) is 11.6 Å². The van der Waals surface area contributed by atoms with Crippen LogP contribution in [0.3, 0.4) is 0 Å². The van der Waals surface area contributed by atoms with Crippen molar-refractivity contribution in [3.63, 3.8) is 0 Å². The maximum Gasteiger partial charge on any atom is 0.337 e. The Hall–Kier alpha value is -2.59. The number of halogens is 1. The largest absolute Gasteiger partial charge is 0.458 e. The molecule has 32 heavy (non-hydrogen) atoms. The number of amides is 2. The summed E-state index contributed by atoms with van der Waals surface area (Å²) >= 11 is 6.65. The molecule has 0 saturated carbocycles. The Morgan fingerprint density at radius 3 is 2.47 bits per heavy atom. The van der Waals surface area contributed by atoms with Gasteiger partial charge in [0.05, 0.1) is 5.75 Å². The fourth-order valence-corrected chi connectivity index (χ4v) is 4.69. The average molecular weight is 483 g/mol. The lowest BCUT2D eigenvalue weighted by Crippen LogP contribution is -2.76. The summed E-state index contributed by atoms with van der Waals surface area (Å²) in [5.41, 5.74) is -0.418. The molecule has 2 aliphatic rings. The third kappa shape index (κ3) is 5.07. The van der Waals surface area contributed by atoms with Crippen molar-refractivity contribution in [3.05, 3.63) is 35.9 Å². The maximum atomic E-state index is 12.9. The van der Waals surface area contributed by atoms with Crippen LogP contribution in [0.2, 0.25) is 0 Å². The number of alkyl halides is 1. The highest BCUT2D eigenvalue weighted by Gasteiger charge is 2.58. The number of ether oxygens (including phenoxy) is 2. The summed E-state index contributed by atoms with van der Waals surface area (Å²) in [6.45, 7) is 4.99. The summed E-state index contributed by atoms with van der Waals surface area (Å²) in [6.07, 6.45) is -1.30. The number of rotatable bonds is 6. The number of ketones is 1. The first-order chi connectivity index (χ1) is 15.0. The Bertz CT molecular complexity index is 934. The van der Waals surface area contributed by atoms with Gasteiger partial charge in [0.2, 0.25) is 12.0 Å². The molecule has 3 unspecified atom stereocenters. The number of benzene rings is 1. The van der Waals surface area contributed by atoms with E-state index in [1.54, 1.807) is 51.1 Å². The first kappa shape index (κ1) is 24.1. The molecule has 0 bridgehead atoms. The number of hydrogen-bond acceptors (Lipinski definition) is 8. The van der Waals surface area contributed by atoms with Crippen LogP contribution in [0, 0.1) is 0 Å². The summed E-state index contributed by atoms with van der Waals surface area (Å²) in [6, 6.07) is 5.97. The molecule has 2 aliphatic heterocycles. The van der Waals surface area contributed by atoms with E-state index in [4.69, 9.17) is 21.1 Å². The highest BCUT2D eigenvalue weighted by atomic mass is 35.5. The number of Topliss-reactive ketones (excluding diaryl/α,β-unsaturated/α-hetero) is 1. The lowest BCUT2D eigenvalue weighted by atomic mass is 9.99. The van der Waals surface area contributed by atoms with Crippen molar-refractivity contribution in [1.82, 2.24) is 10.2 Å². The van der Waals surface area contributed by atoms with Gasteiger partial charge in [0.15, 0.2) is 11.8 Å². The van der Waals surface area contributed by atoms with Crippen molar-refractivity contribution in [1.29, 1.82) is 0 Å². The molecule has 1 aromatic rings. The minimum atomic E-state index is -1.35. The van der Waals surface area contributed by atoms with Gasteiger partial charge in [-0.05, 0) is 20.8 Å². The zero-order valence-electron chi connectivity index (χ0n) is 17.7. The normalized spacial score (nSPS) is 23.5. The second-order valence-corrected chi connectivity index (χ2v) is 9.62. The first-order valence-corrected chi connectivity index (χ1v) is 11.4. The number of hydrogen-bond donors (Lipinski definition) is 1. The molecule has 2 heterocycles. The van der Waals surface area contributed by atoms with E-state index >= 15 is 0 Å². The van der Waals surface area contributed by atoms with E-state index in [2.05, 4.69) is 5.32 Å². The van der Waals surface area contributed by atoms with Gasteiger partial charge >= 0.3 is 11.9 Å². The van der Waals surface area contributed by atoms with Crippen LogP contribution in [-0.4, -0.2) is 69.1 Å². The van der Waals surface area contributed by atoms with E-state index in [-0.39, 0.29) is 5.75 Å². The van der Waals surface area contributed by atoms with Gasteiger partial charge in [-0.2, -0.15) is 0 Å². The van der Waals surface area contributed by atoms with Crippen LogP contribution in [0.15, 0.2) is 30.3 Å². The maximum absolute atomic E-state index is 12.9. The highest BCUT2D eigenvalue weighted by Crippen LogP contribution is 2.38. The molecule has 2 saturated heterocycles. The summed E-state index contributed by atoms with van der Waals surface area (Å²) in [7, 11) is 0. The molecular weight excluding hydrogens is 460 g/mol. The van der Waals surface area contributed by atoms with Gasteiger partial charge < -0.3 is 19.7 Å². The molecule has 11 heteroatoms. The van der Waals surface area contributed by atoms with Crippen molar-refractivity contribution >= 4 is 52.9 Å². The van der Waals surface area contributed by atoms with Crippen molar-refractivity contribution in [3.8, 4) is 0 Å². The van der Waals surface area contributed by atoms with Crippen LogP contribution in [0.25, 0.3) is 0 Å². The molecule has 0 aliphatic carbocycles. The smallest absolute Gasteiger partial charge is 0.337 e. The van der Waals surface area contributed by atoms with E-state index in [1.807, 2.05) is 0 Å². The number of nitrogens with one attached hydrogen (secondary N) is 1. The number of nitrogens with zero attached hydrogens (tertiary/aromatic N) is 1. The van der Waals surface area contributed by atoms with E-state index in [9.17, 15) is 24.0 Å². The van der Waals surface area contributed by atoms with Crippen LogP contribution in [0.4, 0.5) is 0 Å². The summed E-state index contributed by atoms with van der Waals surface area (Å²) in [5.74, 6) is -3.77. The third-order valence-electron chi connectivity index (χ3n) is 4.69. The van der Waals surface area contributed by atoms with Crippen LogP contribution in [0.5, 0.6) is 0 Å². The summed E-state index contributed by atoms with van der Waals surface area (Å²) < 4.78 is 10.5. The van der Waals surface area contributed by atoms with Gasteiger partial charge in [0.25, 0.3) is 5.91 Å². The highest BCUT2D eigenvalue weighted by molar-refractivity contribution is 8.00. The van der Waals surface area contributed by atoms with Crippen LogP contribution in [-0.2, 0) is 33.4 Å². The van der Waals surface area contributed by atoms with Gasteiger partial charge in [-0.3, -0.25) is 19.2 Å². The molecule has 1 aromatic carbocycles. The monoisotopic (exact) mass is 482 g/mol. The second kappa shape index (κ2) is 9.50. The summed E-state index contributed by atoms with van der Waals surface area (Å²) in [5, 5.41) is 1.96. The lowest BCUT2D eigenvalue weighted by Gasteiger charge is -2.51. The van der Waals surface area contributed by atoms with Crippen LogP contribution >= 0.6 is 23.4 Å². The fourth-order valence-electron chi connectivity index (χ4n) is 3.37. The van der Waals surface area contributed by atoms with Crippen molar-refractivity contribution in [2.45, 2.75) is 49.9 Å². The van der Waals surface area contributed by atoms with E-state index in [0.29, 0.717) is 5.56 Å². The fraction of sp³-hybridized carbons (Fsp3) is 0.476. The molecule has 9 nitrogen and oxygen atoms in total. The quantitative estimate of drug-likeness (QED) is 0.278. The SMILES string of the molecule is CC(C)(C)OC(=O)C1C(=O)CS[C@H]2C(NC(=O)C(OC(=O)CCl)c3ccccc3)C(=O)N12. The number of carbonyl (C=O) groups is 5. The molecule has 3 rings (SSSR count). The van der Waals surface area contributed by atoms with Gasteiger partial charge in [-0.1, -0.05) is 30.3 Å². The van der Waals surface area contributed by atoms with Crippen molar-refractivity contribution in [2.24, 2.45) is 0 Å². The standard InChI is InChI=1S/C21H23ClN2O7S/c1-21(2,3)31-20(29)15-12(25)10-32-19-14(18(28)24(15)19)23-17(27)16(30-13(26)9-22)11-7-5-4-6-8-11/h4-8,14-16,19H,9-10H2,1-3H3,(H,23,27)/t14?,15?,16?,19-/m0/s1. The van der Waals surface area contributed by atoms with E-state index in [1.165, 1.54) is 0 Å². The molecule has 0 aromatic heterocycles. The lowest BCUT2D eigenvalue weighted by molar-refractivity contribution is -0.174. The van der Waals surface area contributed by atoms with Gasteiger partial charge in [0.1, 0.15) is 22.9 Å². The van der Waals surface area contributed by atoms with E-state index in [0.717, 1.165) is 16.7 Å². The number of thioether (sulfide) groups is 1. The Kier molecular flexibility index (Phi) is 7.14. The molecule has 2 fully saturated rings. The second-order valence-electron chi connectivity index (χ2n) is 8.25. The predicted octanol–water partition coefficient (Wildman–Crippen LogP) is 1.19. The predicted molar refractivity (Wildman–Crippen MR) is 116 cm³/mol. The number of esters is 2. The molecule has 0 spiro atoms. The third-order valence-corrected chi connectivity index (χ3v) is 6.20. The minimum absolute atomic E-state index is 0.00588. The molecule has 0 radical (unpaired) electrons. The van der Waals surface area contributed by atoms with E-state index < -0.39 is 64.6 Å². The Morgan fingerprint density at radius 2 is 1.88 bits per heavy atom. The van der Waals surface area contributed by atoms with Gasteiger partial charge in [-0.25, -0.2) is 4.79 Å². The molecule has 2 amide bonds. The number of carbonyl (C=O) groups excluding carboxylic acids is 5. The Balaban J connectivity index is 1.75. The van der Waals surface area contributed by atoms with Crippen LogP contribution < -0.4 is 5.32 Å². The minimum Gasteiger partial charge on any atom is -0.458 e. The average Bonchev–Trinajstić information content (AvgIpc) is 2.74. The molecule has 4 atom stereocenters. The number of fused-ring (bicyclic) bond motifs is 1. The Labute approximate surface area is 194 Å². The van der Waals surface area contributed by atoms with Gasteiger partial charge in [-0.15, -0.1) is 23.4 Å². The topological polar surface area (TPSA) is 119 Å². The van der Waals surface area contributed by atoms with Gasteiger partial charge in [0, 0.05) is 5.56 Å².